The number of halogens is 4. The van der Waals surface area contributed by atoms with Crippen LogP contribution in [0.4, 0.5) is 34.6 Å². The van der Waals surface area contributed by atoms with Crippen molar-refractivity contribution in [1.29, 1.82) is 0 Å². The van der Waals surface area contributed by atoms with E-state index in [1.165, 1.54) is 16.9 Å². The topological polar surface area (TPSA) is 168 Å². The van der Waals surface area contributed by atoms with Gasteiger partial charge in [-0.1, -0.05) is 6.07 Å². The van der Waals surface area contributed by atoms with Crippen molar-refractivity contribution < 1.29 is 41.5 Å². The number of ether oxygens (including phenoxy) is 1. The van der Waals surface area contributed by atoms with Crippen molar-refractivity contribution in [1.82, 2.24) is 25.0 Å². The molecule has 2 aromatic heterocycles. The first kappa shape index (κ1) is 38.2. The number of hydrogen-bond donors (Lipinski definition) is 3. The highest BCUT2D eigenvalue weighted by Crippen LogP contribution is 2.31. The van der Waals surface area contributed by atoms with E-state index in [-0.39, 0.29) is 35.9 Å². The summed E-state index contributed by atoms with van der Waals surface area (Å²) in [7, 11) is 0. The van der Waals surface area contributed by atoms with Gasteiger partial charge in [0.05, 0.1) is 23.3 Å². The molecule has 294 valence electrons. The van der Waals surface area contributed by atoms with Gasteiger partial charge in [-0.2, -0.15) is 18.3 Å². The molecule has 0 radical (unpaired) electrons. The van der Waals surface area contributed by atoms with E-state index < -0.39 is 47.2 Å². The zero-order valence-electron chi connectivity index (χ0n) is 30.1. The first-order valence-electron chi connectivity index (χ1n) is 18.2. The number of primary amides is 1. The summed E-state index contributed by atoms with van der Waals surface area (Å²) in [6, 6.07) is 15.0. The molecule has 3 aliphatic heterocycles. The van der Waals surface area contributed by atoms with Crippen molar-refractivity contribution >= 4 is 40.7 Å². The molecule has 14 nitrogen and oxygen atoms in total. The van der Waals surface area contributed by atoms with Gasteiger partial charge in [0.1, 0.15) is 23.0 Å². The van der Waals surface area contributed by atoms with Gasteiger partial charge in [0.25, 0.3) is 17.7 Å². The number of nitrogens with two attached hydrogens (primary N) is 1. The van der Waals surface area contributed by atoms with Gasteiger partial charge in [-0.05, 0) is 67.3 Å². The Bertz CT molecular complexity index is 2110. The predicted molar refractivity (Wildman–Crippen MR) is 196 cm³/mol. The van der Waals surface area contributed by atoms with E-state index in [2.05, 4.69) is 30.5 Å². The third-order valence-corrected chi connectivity index (χ3v) is 10.2. The number of imide groups is 1. The molecule has 3 fully saturated rings. The van der Waals surface area contributed by atoms with Crippen molar-refractivity contribution in [2.24, 2.45) is 11.7 Å². The van der Waals surface area contributed by atoms with Gasteiger partial charge in [0.15, 0.2) is 11.8 Å². The molecule has 3 aliphatic rings. The maximum Gasteiger partial charge on any atom is 0.433 e. The van der Waals surface area contributed by atoms with E-state index in [0.717, 1.165) is 82.5 Å². The number of anilines is 3. The lowest BCUT2D eigenvalue weighted by Gasteiger charge is -2.40. The summed E-state index contributed by atoms with van der Waals surface area (Å²) in [5.41, 5.74) is 5.48. The Kier molecular flexibility index (Phi) is 10.9. The van der Waals surface area contributed by atoms with Gasteiger partial charge in [-0.15, -0.1) is 0 Å². The van der Waals surface area contributed by atoms with Gasteiger partial charge in [0.2, 0.25) is 5.91 Å². The first-order chi connectivity index (χ1) is 26.8. The molecule has 0 spiro atoms. The van der Waals surface area contributed by atoms with Crippen molar-refractivity contribution in [3.05, 3.63) is 89.8 Å². The van der Waals surface area contributed by atoms with E-state index in [1.807, 2.05) is 17.0 Å². The van der Waals surface area contributed by atoms with Crippen molar-refractivity contribution in [3.8, 4) is 11.4 Å². The molecular weight excluding hydrogens is 738 g/mol. The first-order valence-corrected chi connectivity index (χ1v) is 18.2. The Balaban J connectivity index is 0.885. The second-order valence-electron chi connectivity index (χ2n) is 14.0. The van der Waals surface area contributed by atoms with Crippen LogP contribution in [0.2, 0.25) is 0 Å². The predicted octanol–water partition coefficient (Wildman–Crippen LogP) is 4.00. The van der Waals surface area contributed by atoms with Crippen molar-refractivity contribution in [2.75, 3.05) is 60.9 Å². The van der Waals surface area contributed by atoms with Crippen LogP contribution in [0.25, 0.3) is 5.69 Å². The molecule has 18 heteroatoms. The van der Waals surface area contributed by atoms with Gasteiger partial charge in [-0.25, -0.2) is 14.1 Å². The fourth-order valence-corrected chi connectivity index (χ4v) is 7.18. The molecule has 0 saturated carbocycles. The lowest BCUT2D eigenvalue weighted by molar-refractivity contribution is -0.141. The number of alkyl halides is 3. The second kappa shape index (κ2) is 16.0. The smallest absolute Gasteiger partial charge is 0.433 e. The minimum Gasteiger partial charge on any atom is -0.480 e. The van der Waals surface area contributed by atoms with Crippen LogP contribution < -0.4 is 30.9 Å². The standard InChI is InChI=1S/C38H39F4N9O5/c39-27-20-26(56-31-10-11-33(52)46-37(31)55)8-9-30(27)50-14-12-23(13-15-50)21-48-16-18-49(19-17-48)24-4-6-25(7-5-24)51-22-29(34(47-51)35(43)53)45-36(54)28-2-1-3-32(44-28)38(40,41)42/h1-9,20,22-23,31H,10-19,21H2,(H2,43,53)(H,45,54)(H,46,52,55). The molecule has 4 amide bonds. The summed E-state index contributed by atoms with van der Waals surface area (Å²) in [6.07, 6.45) is -1.92. The summed E-state index contributed by atoms with van der Waals surface area (Å²) < 4.78 is 61.4. The van der Waals surface area contributed by atoms with Crippen molar-refractivity contribution in [3.63, 3.8) is 0 Å². The van der Waals surface area contributed by atoms with E-state index >= 15 is 4.39 Å². The van der Waals surface area contributed by atoms with Crippen LogP contribution >= 0.6 is 0 Å². The number of hydrogen-bond acceptors (Lipinski definition) is 10. The molecule has 4 N–H and O–H groups in total. The van der Waals surface area contributed by atoms with Crippen LogP contribution in [-0.2, 0) is 15.8 Å². The Morgan fingerprint density at radius 1 is 0.911 bits per heavy atom. The van der Waals surface area contributed by atoms with Gasteiger partial charge >= 0.3 is 6.18 Å². The number of rotatable bonds is 10. The monoisotopic (exact) mass is 777 g/mol. The van der Waals surface area contributed by atoms with Gasteiger partial charge in [-0.3, -0.25) is 29.4 Å². The lowest BCUT2D eigenvalue weighted by Crippen LogP contribution is -2.49. The summed E-state index contributed by atoms with van der Waals surface area (Å²) in [4.78, 5) is 58.4. The van der Waals surface area contributed by atoms with Crippen LogP contribution in [-0.4, -0.2) is 95.2 Å². The maximum atomic E-state index is 15.1. The number of carbonyl (C=O) groups is 4. The SMILES string of the molecule is NC(=O)c1nn(-c2ccc(N3CCN(CC4CCN(c5ccc(OC6CCC(=O)NC6=O)cc5F)CC4)CC3)cc2)cc1NC(=O)c1cccc(C(F)(F)F)n1. The molecule has 1 atom stereocenters. The fraction of sp³-hybridized carbons (Fsp3) is 0.368. The second-order valence-corrected chi connectivity index (χ2v) is 14.0. The third kappa shape index (κ3) is 8.75. The van der Waals surface area contributed by atoms with Crippen LogP contribution in [0.3, 0.4) is 0 Å². The van der Waals surface area contributed by atoms with E-state index in [4.69, 9.17) is 10.5 Å². The Labute approximate surface area is 318 Å². The average molecular weight is 778 g/mol. The molecule has 0 bridgehead atoms. The highest BCUT2D eigenvalue weighted by molar-refractivity contribution is 6.07. The largest absolute Gasteiger partial charge is 0.480 e. The highest BCUT2D eigenvalue weighted by atomic mass is 19.4. The number of benzene rings is 2. The summed E-state index contributed by atoms with van der Waals surface area (Å²) in [5.74, 6) is -2.44. The quantitative estimate of drug-likeness (QED) is 0.158. The molecule has 5 heterocycles. The van der Waals surface area contributed by atoms with Gasteiger partial charge in [0, 0.05) is 70.4 Å². The van der Waals surface area contributed by atoms with Crippen LogP contribution in [0.15, 0.2) is 66.9 Å². The van der Waals surface area contributed by atoms with E-state index in [0.29, 0.717) is 17.3 Å². The number of pyridine rings is 1. The normalized spacial score (nSPS) is 18.5. The van der Waals surface area contributed by atoms with Crippen molar-refractivity contribution in [2.45, 2.75) is 38.0 Å². The summed E-state index contributed by atoms with van der Waals surface area (Å²) in [6.45, 7) is 5.75. The molecule has 56 heavy (non-hydrogen) atoms. The average Bonchev–Trinajstić information content (AvgIpc) is 3.61. The minimum atomic E-state index is -4.74. The highest BCUT2D eigenvalue weighted by Gasteiger charge is 2.33. The minimum absolute atomic E-state index is 0.0764. The number of piperazine rings is 1. The fourth-order valence-electron chi connectivity index (χ4n) is 7.18. The number of amides is 4. The molecule has 0 aliphatic carbocycles. The van der Waals surface area contributed by atoms with Crippen LogP contribution in [0.5, 0.6) is 5.75 Å². The third-order valence-electron chi connectivity index (χ3n) is 10.2. The van der Waals surface area contributed by atoms with Gasteiger partial charge < -0.3 is 25.6 Å². The van der Waals surface area contributed by atoms with E-state index in [1.54, 1.807) is 24.3 Å². The lowest BCUT2D eigenvalue weighted by atomic mass is 9.95. The van der Waals surface area contributed by atoms with Crippen LogP contribution in [0.1, 0.15) is 52.4 Å². The molecule has 7 rings (SSSR count). The molecular formula is C38H39F4N9O5. The number of nitrogens with one attached hydrogen (secondary N) is 2. The zero-order chi connectivity index (χ0) is 39.6. The summed E-state index contributed by atoms with van der Waals surface area (Å²) in [5, 5.41) is 8.84. The Hall–Kier alpha value is -6.04. The number of piperidine rings is 2. The number of carbonyl (C=O) groups excluding carboxylic acids is 4. The Morgan fingerprint density at radius 2 is 1.62 bits per heavy atom. The zero-order valence-corrected chi connectivity index (χ0v) is 30.1. The molecule has 4 aromatic rings. The molecule has 2 aromatic carbocycles. The molecule has 3 saturated heterocycles. The van der Waals surface area contributed by atoms with Crippen LogP contribution in [0, 0.1) is 11.7 Å². The number of nitrogens with zero attached hydrogens (tertiary/aromatic N) is 6. The van der Waals surface area contributed by atoms with E-state index in [9.17, 15) is 32.3 Å². The maximum absolute atomic E-state index is 15.1. The number of aromatic nitrogens is 3. The summed E-state index contributed by atoms with van der Waals surface area (Å²) >= 11 is 0. The Morgan fingerprint density at radius 3 is 2.29 bits per heavy atom. The molecule has 1 unspecified atom stereocenters.